The number of hydrogen-bond donors (Lipinski definition) is 1. The van der Waals surface area contributed by atoms with Gasteiger partial charge in [0.05, 0.1) is 5.56 Å². The van der Waals surface area contributed by atoms with Crippen molar-refractivity contribution in [3.8, 4) is 0 Å². The maximum atomic E-state index is 13.7. The fourth-order valence-electron chi connectivity index (χ4n) is 2.13. The Hall–Kier alpha value is -1.19. The Labute approximate surface area is 119 Å². The highest BCUT2D eigenvalue weighted by atomic mass is 32.2. The van der Waals surface area contributed by atoms with Crippen LogP contribution in [-0.4, -0.2) is 31.9 Å². The molecule has 1 saturated heterocycles. The first-order valence-corrected chi connectivity index (χ1v) is 7.69. The molecule has 1 heterocycles. The van der Waals surface area contributed by atoms with Gasteiger partial charge in [0.1, 0.15) is 10.7 Å². The Bertz CT molecular complexity index is 623. The molecule has 9 heteroatoms. The lowest BCUT2D eigenvalue weighted by Gasteiger charge is -2.29. The van der Waals surface area contributed by atoms with E-state index in [1.54, 1.807) is 0 Å². The molecule has 21 heavy (non-hydrogen) atoms. The molecule has 0 aromatic heterocycles. The molecule has 2 rings (SSSR count). The van der Waals surface area contributed by atoms with Crippen molar-refractivity contribution >= 4 is 10.0 Å². The van der Waals surface area contributed by atoms with Gasteiger partial charge in [0.2, 0.25) is 10.0 Å². The summed E-state index contributed by atoms with van der Waals surface area (Å²) in [7, 11) is -4.30. The number of alkyl halides is 3. The summed E-state index contributed by atoms with van der Waals surface area (Å²) in [5, 5.41) is 0. The quantitative estimate of drug-likeness (QED) is 0.845. The van der Waals surface area contributed by atoms with Gasteiger partial charge in [-0.2, -0.15) is 17.5 Å². The van der Waals surface area contributed by atoms with Crippen LogP contribution in [0.2, 0.25) is 0 Å². The summed E-state index contributed by atoms with van der Waals surface area (Å²) in [5.41, 5.74) is 4.45. The van der Waals surface area contributed by atoms with Crippen molar-refractivity contribution in [2.75, 3.05) is 13.1 Å². The number of piperidine rings is 1. The van der Waals surface area contributed by atoms with E-state index in [1.807, 2.05) is 0 Å². The molecule has 1 aliphatic heterocycles. The number of benzene rings is 1. The molecule has 0 aliphatic carbocycles. The number of sulfonamides is 1. The smallest absolute Gasteiger partial charge is 0.328 e. The van der Waals surface area contributed by atoms with Crippen LogP contribution in [0.1, 0.15) is 18.4 Å². The summed E-state index contributed by atoms with van der Waals surface area (Å²) in [6.07, 6.45) is -3.96. The SMILES string of the molecule is NC1CCN(S(=O)(=O)c2cc(C(F)(F)F)ccc2F)CC1. The van der Waals surface area contributed by atoms with Crippen molar-refractivity contribution in [3.05, 3.63) is 29.6 Å². The first-order chi connectivity index (χ1) is 9.62. The van der Waals surface area contributed by atoms with Crippen LogP contribution in [0, 0.1) is 5.82 Å². The van der Waals surface area contributed by atoms with Crippen molar-refractivity contribution in [1.82, 2.24) is 4.31 Å². The second kappa shape index (κ2) is 5.54. The molecule has 0 unspecified atom stereocenters. The van der Waals surface area contributed by atoms with Gasteiger partial charge in [-0.15, -0.1) is 0 Å². The standard InChI is InChI=1S/C12H14F4N2O2S/c13-10-2-1-8(12(14,15)16)7-11(10)21(19,20)18-5-3-9(17)4-6-18/h1-2,7,9H,3-6,17H2. The Balaban J connectivity index is 2.40. The van der Waals surface area contributed by atoms with Crippen LogP contribution in [0.15, 0.2) is 23.1 Å². The Morgan fingerprint density at radius 1 is 1.19 bits per heavy atom. The third kappa shape index (κ3) is 3.35. The van der Waals surface area contributed by atoms with Crippen molar-refractivity contribution in [1.29, 1.82) is 0 Å². The van der Waals surface area contributed by atoms with E-state index < -0.39 is 32.5 Å². The summed E-state index contributed by atoms with van der Waals surface area (Å²) < 4.78 is 77.1. The van der Waals surface area contributed by atoms with Gasteiger partial charge in [-0.05, 0) is 31.0 Å². The number of hydrogen-bond acceptors (Lipinski definition) is 3. The summed E-state index contributed by atoms with van der Waals surface area (Å²) in [6, 6.07) is 1.22. The lowest BCUT2D eigenvalue weighted by Crippen LogP contribution is -2.43. The van der Waals surface area contributed by atoms with E-state index in [0.717, 1.165) is 4.31 Å². The van der Waals surface area contributed by atoms with Gasteiger partial charge in [0, 0.05) is 19.1 Å². The molecule has 1 fully saturated rings. The predicted octanol–water partition coefficient (Wildman–Crippen LogP) is 1.96. The third-order valence-electron chi connectivity index (χ3n) is 3.37. The number of nitrogens with two attached hydrogens (primary N) is 1. The molecule has 1 aromatic carbocycles. The van der Waals surface area contributed by atoms with Gasteiger partial charge in [-0.1, -0.05) is 0 Å². The normalized spacial score (nSPS) is 18.9. The highest BCUT2D eigenvalue weighted by molar-refractivity contribution is 7.89. The van der Waals surface area contributed by atoms with E-state index in [9.17, 15) is 26.0 Å². The average Bonchev–Trinajstić information content (AvgIpc) is 2.38. The van der Waals surface area contributed by atoms with Crippen molar-refractivity contribution in [3.63, 3.8) is 0 Å². The molecule has 0 spiro atoms. The minimum atomic E-state index is -4.73. The van der Waals surface area contributed by atoms with Gasteiger partial charge in [0.15, 0.2) is 0 Å². The molecule has 2 N–H and O–H groups in total. The van der Waals surface area contributed by atoms with E-state index in [1.165, 1.54) is 0 Å². The fourth-order valence-corrected chi connectivity index (χ4v) is 3.69. The summed E-state index contributed by atoms with van der Waals surface area (Å²) in [6.45, 7) is 0.137. The van der Waals surface area contributed by atoms with Crippen LogP contribution in [0.25, 0.3) is 0 Å². The van der Waals surface area contributed by atoms with E-state index >= 15 is 0 Å². The Morgan fingerprint density at radius 3 is 2.29 bits per heavy atom. The lowest BCUT2D eigenvalue weighted by atomic mass is 10.1. The minimum Gasteiger partial charge on any atom is -0.328 e. The molecule has 0 bridgehead atoms. The zero-order valence-electron chi connectivity index (χ0n) is 10.9. The van der Waals surface area contributed by atoms with Gasteiger partial charge in [-0.25, -0.2) is 12.8 Å². The fraction of sp³-hybridized carbons (Fsp3) is 0.500. The largest absolute Gasteiger partial charge is 0.416 e. The molecule has 0 amide bonds. The highest BCUT2D eigenvalue weighted by Crippen LogP contribution is 2.32. The molecule has 1 aliphatic rings. The summed E-state index contributed by atoms with van der Waals surface area (Å²) in [5.74, 6) is -1.20. The summed E-state index contributed by atoms with van der Waals surface area (Å²) in [4.78, 5) is -0.951. The number of rotatable bonds is 2. The first kappa shape index (κ1) is 16.2. The monoisotopic (exact) mass is 326 g/mol. The topological polar surface area (TPSA) is 63.4 Å². The zero-order chi connectivity index (χ0) is 15.8. The molecule has 118 valence electrons. The van der Waals surface area contributed by atoms with Crippen LogP contribution in [0.4, 0.5) is 17.6 Å². The number of nitrogens with zero attached hydrogens (tertiary/aromatic N) is 1. The third-order valence-corrected chi connectivity index (χ3v) is 5.29. The molecule has 0 atom stereocenters. The summed E-state index contributed by atoms with van der Waals surface area (Å²) >= 11 is 0. The molecular weight excluding hydrogens is 312 g/mol. The van der Waals surface area contributed by atoms with Crippen LogP contribution in [-0.2, 0) is 16.2 Å². The van der Waals surface area contributed by atoms with Crippen LogP contribution >= 0.6 is 0 Å². The van der Waals surface area contributed by atoms with E-state index in [0.29, 0.717) is 31.0 Å². The highest BCUT2D eigenvalue weighted by Gasteiger charge is 2.35. The van der Waals surface area contributed by atoms with Crippen molar-refractivity contribution in [2.24, 2.45) is 5.73 Å². The second-order valence-corrected chi connectivity index (χ2v) is 6.79. The van der Waals surface area contributed by atoms with Crippen LogP contribution < -0.4 is 5.73 Å². The van der Waals surface area contributed by atoms with Crippen molar-refractivity contribution < 1.29 is 26.0 Å². The minimum absolute atomic E-state index is 0.0686. The molecule has 0 saturated carbocycles. The molecular formula is C12H14F4N2O2S. The lowest BCUT2D eigenvalue weighted by molar-refractivity contribution is -0.137. The average molecular weight is 326 g/mol. The maximum absolute atomic E-state index is 13.7. The Kier molecular flexibility index (Phi) is 4.27. The van der Waals surface area contributed by atoms with Gasteiger partial charge >= 0.3 is 6.18 Å². The Morgan fingerprint density at radius 2 is 1.76 bits per heavy atom. The maximum Gasteiger partial charge on any atom is 0.416 e. The zero-order valence-corrected chi connectivity index (χ0v) is 11.7. The van der Waals surface area contributed by atoms with Gasteiger partial charge in [-0.3, -0.25) is 0 Å². The van der Waals surface area contributed by atoms with Gasteiger partial charge in [0.25, 0.3) is 0 Å². The van der Waals surface area contributed by atoms with Gasteiger partial charge < -0.3 is 5.73 Å². The van der Waals surface area contributed by atoms with Crippen molar-refractivity contribution in [2.45, 2.75) is 30.0 Å². The molecule has 4 nitrogen and oxygen atoms in total. The molecule has 0 radical (unpaired) electrons. The second-order valence-electron chi connectivity index (χ2n) is 4.88. The molecule has 1 aromatic rings. The van der Waals surface area contributed by atoms with E-state index in [-0.39, 0.29) is 19.1 Å². The first-order valence-electron chi connectivity index (χ1n) is 6.25. The van der Waals surface area contributed by atoms with Crippen LogP contribution in [0.3, 0.4) is 0 Å². The predicted molar refractivity (Wildman–Crippen MR) is 67.4 cm³/mol. The van der Waals surface area contributed by atoms with E-state index in [2.05, 4.69) is 0 Å². The van der Waals surface area contributed by atoms with E-state index in [4.69, 9.17) is 5.73 Å². The van der Waals surface area contributed by atoms with Crippen LogP contribution in [0.5, 0.6) is 0 Å². The number of halogens is 4.